The van der Waals surface area contributed by atoms with Crippen molar-refractivity contribution in [3.05, 3.63) is 113 Å². The summed E-state index contributed by atoms with van der Waals surface area (Å²) in [5, 5.41) is 9.72. The van der Waals surface area contributed by atoms with E-state index in [2.05, 4.69) is 20.8 Å². The minimum atomic E-state index is -4.09. The van der Waals surface area contributed by atoms with Gasteiger partial charge in [-0.25, -0.2) is 4.57 Å². The molecule has 1 fully saturated rings. The molecule has 276 valence electrons. The first-order valence-electron chi connectivity index (χ1n) is 17.6. The van der Waals surface area contributed by atoms with E-state index in [-0.39, 0.29) is 44.1 Å². The molecule has 0 spiro atoms. The Morgan fingerprint density at radius 2 is 1.48 bits per heavy atom. The Morgan fingerprint density at radius 1 is 0.865 bits per heavy atom. The zero-order chi connectivity index (χ0) is 36.8. The number of nitrogens with zero attached hydrogens (tertiary/aromatic N) is 2. The molecule has 1 saturated carbocycles. The van der Waals surface area contributed by atoms with Crippen LogP contribution in [0.25, 0.3) is 0 Å². The molecule has 0 radical (unpaired) electrons. The Kier molecular flexibility index (Phi) is 14.1. The summed E-state index contributed by atoms with van der Waals surface area (Å²) in [6.07, 6.45) is 6.73. The van der Waals surface area contributed by atoms with Crippen LogP contribution in [-0.2, 0) is 54.1 Å². The molecule has 13 nitrogen and oxygen atoms in total. The molecule has 5 rings (SSSR count). The first-order valence-corrected chi connectivity index (χ1v) is 19.0. The van der Waals surface area contributed by atoms with E-state index in [1.54, 1.807) is 24.3 Å². The lowest BCUT2D eigenvalue weighted by molar-refractivity contribution is -0.128. The summed E-state index contributed by atoms with van der Waals surface area (Å²) in [6.45, 7) is 1.33. The van der Waals surface area contributed by atoms with Crippen LogP contribution in [0, 0.1) is 5.92 Å². The highest BCUT2D eigenvalue weighted by molar-refractivity contribution is 7.48. The first kappa shape index (κ1) is 38.4. The van der Waals surface area contributed by atoms with Crippen molar-refractivity contribution in [1.82, 2.24) is 20.8 Å². The molecular weight excluding hydrogens is 685 g/mol. The summed E-state index contributed by atoms with van der Waals surface area (Å²) < 4.78 is 36.6. The number of carbonyl (C=O) groups is 3. The van der Waals surface area contributed by atoms with Gasteiger partial charge in [-0.1, -0.05) is 110 Å². The molecule has 0 unspecified atom stereocenters. The number of rotatable bonds is 19. The minimum absolute atomic E-state index is 0.00432. The van der Waals surface area contributed by atoms with Crippen LogP contribution in [-0.4, -0.2) is 33.9 Å². The highest BCUT2D eigenvalue weighted by Crippen LogP contribution is 2.51. The molecule has 3 amide bonds. The van der Waals surface area contributed by atoms with Crippen LogP contribution in [0.5, 0.6) is 5.75 Å². The third kappa shape index (κ3) is 12.4. The standard InChI is InChI=1S/C38H46N5O8P/c1-27(44)40-34(37(46)41-33(21-22-35(39)45)38-42-36(43-50-38)24-28-11-5-2-6-12-28)23-29-17-19-32(20-18-29)51-52(47,48-25-30-13-7-3-8-14-30)49-26-31-15-9-4-10-16-31/h3-4,7-10,13-20,28,33-34H,2,5-6,11-12,21-26H2,1H3,(H2,39,45)(H,40,44)(H,41,46)/t33-,34-/m0/s1. The molecule has 52 heavy (non-hydrogen) atoms. The number of nitrogens with two attached hydrogens (primary N) is 1. The largest absolute Gasteiger partial charge is 0.530 e. The zero-order valence-electron chi connectivity index (χ0n) is 29.3. The maximum Gasteiger partial charge on any atom is 0.530 e. The van der Waals surface area contributed by atoms with Crippen molar-refractivity contribution in [2.24, 2.45) is 11.7 Å². The van der Waals surface area contributed by atoms with Gasteiger partial charge in [-0.15, -0.1) is 0 Å². The summed E-state index contributed by atoms with van der Waals surface area (Å²) >= 11 is 0. The summed E-state index contributed by atoms with van der Waals surface area (Å²) in [5.41, 5.74) is 7.69. The zero-order valence-corrected chi connectivity index (χ0v) is 30.2. The number of hydrogen-bond donors (Lipinski definition) is 3. The maximum atomic E-state index is 13.8. The second-order valence-electron chi connectivity index (χ2n) is 13.0. The van der Waals surface area contributed by atoms with Crippen molar-refractivity contribution in [3.63, 3.8) is 0 Å². The number of benzene rings is 3. The van der Waals surface area contributed by atoms with E-state index in [1.165, 1.54) is 26.2 Å². The molecule has 3 aromatic carbocycles. The molecule has 1 heterocycles. The van der Waals surface area contributed by atoms with Gasteiger partial charge in [0.1, 0.15) is 17.8 Å². The number of amides is 3. The molecular formula is C38H46N5O8P. The molecule has 1 aliphatic carbocycles. The Bertz CT molecular complexity index is 1730. The van der Waals surface area contributed by atoms with Crippen LogP contribution in [0.1, 0.15) is 86.3 Å². The summed E-state index contributed by atoms with van der Waals surface area (Å²) in [4.78, 5) is 42.0. The molecule has 4 N–H and O–H groups in total. The second kappa shape index (κ2) is 19.1. The van der Waals surface area contributed by atoms with Crippen LogP contribution < -0.4 is 20.9 Å². The Balaban J connectivity index is 1.25. The number of aromatic nitrogens is 2. The van der Waals surface area contributed by atoms with Crippen molar-refractivity contribution in [2.75, 3.05) is 0 Å². The van der Waals surface area contributed by atoms with Crippen molar-refractivity contribution >= 4 is 25.5 Å². The molecule has 1 aliphatic rings. The average molecular weight is 732 g/mol. The fraction of sp³-hybridized carbons (Fsp3) is 0.395. The summed E-state index contributed by atoms with van der Waals surface area (Å²) in [5.74, 6) is -0.0192. The molecule has 0 saturated heterocycles. The van der Waals surface area contributed by atoms with Crippen molar-refractivity contribution in [1.29, 1.82) is 0 Å². The first-order chi connectivity index (χ1) is 25.1. The van der Waals surface area contributed by atoms with E-state index in [9.17, 15) is 18.9 Å². The number of nitrogens with one attached hydrogen (secondary N) is 2. The van der Waals surface area contributed by atoms with Crippen LogP contribution in [0.3, 0.4) is 0 Å². The molecule has 4 aromatic rings. The molecule has 1 aromatic heterocycles. The number of phosphoric acid groups is 1. The van der Waals surface area contributed by atoms with Crippen molar-refractivity contribution in [3.8, 4) is 5.75 Å². The van der Waals surface area contributed by atoms with Gasteiger partial charge in [-0.05, 0) is 41.2 Å². The van der Waals surface area contributed by atoms with E-state index < -0.39 is 37.6 Å². The third-order valence-corrected chi connectivity index (χ3v) is 10.0. The molecule has 2 atom stereocenters. The van der Waals surface area contributed by atoms with Crippen LogP contribution in [0.15, 0.2) is 89.5 Å². The highest BCUT2D eigenvalue weighted by Gasteiger charge is 2.30. The quantitative estimate of drug-likeness (QED) is 0.0927. The van der Waals surface area contributed by atoms with Crippen molar-refractivity contribution < 1.29 is 37.0 Å². The monoisotopic (exact) mass is 731 g/mol. The van der Waals surface area contributed by atoms with Gasteiger partial charge >= 0.3 is 7.82 Å². The second-order valence-corrected chi connectivity index (χ2v) is 14.6. The normalized spacial score (nSPS) is 14.6. The smallest absolute Gasteiger partial charge is 0.404 e. The van der Waals surface area contributed by atoms with Gasteiger partial charge in [-0.3, -0.25) is 23.4 Å². The van der Waals surface area contributed by atoms with E-state index in [1.807, 2.05) is 60.7 Å². The topological polar surface area (TPSA) is 185 Å². The summed E-state index contributed by atoms with van der Waals surface area (Å²) in [7, 11) is -4.09. The molecule has 0 aliphatic heterocycles. The van der Waals surface area contributed by atoms with Gasteiger partial charge in [0.15, 0.2) is 5.82 Å². The lowest BCUT2D eigenvalue weighted by Gasteiger charge is -2.22. The van der Waals surface area contributed by atoms with Gasteiger partial charge in [-0.2, -0.15) is 4.98 Å². The van der Waals surface area contributed by atoms with Gasteiger partial charge in [0.05, 0.1) is 13.2 Å². The van der Waals surface area contributed by atoms with E-state index in [4.69, 9.17) is 23.8 Å². The fourth-order valence-corrected chi connectivity index (χ4v) is 7.18. The Hall–Kier alpha value is -4.84. The number of phosphoric ester groups is 1. The summed E-state index contributed by atoms with van der Waals surface area (Å²) in [6, 6.07) is 23.3. The number of primary amides is 1. The van der Waals surface area contributed by atoms with Gasteiger partial charge in [0, 0.05) is 26.2 Å². The Morgan fingerprint density at radius 3 is 2.06 bits per heavy atom. The van der Waals surface area contributed by atoms with Crippen molar-refractivity contribution in [2.45, 2.75) is 90.0 Å². The van der Waals surface area contributed by atoms with E-state index in [0.29, 0.717) is 23.7 Å². The lowest BCUT2D eigenvalue weighted by Crippen LogP contribution is -2.48. The van der Waals surface area contributed by atoms with Crippen LogP contribution in [0.4, 0.5) is 0 Å². The Labute approximate surface area is 303 Å². The van der Waals surface area contributed by atoms with E-state index in [0.717, 1.165) is 24.0 Å². The predicted molar refractivity (Wildman–Crippen MR) is 192 cm³/mol. The SMILES string of the molecule is CC(=O)N[C@@H](Cc1ccc(OP(=O)(OCc2ccccc2)OCc2ccccc2)cc1)C(=O)N[C@@H](CCC(N)=O)c1nc(CC2CCCCC2)no1. The number of carbonyl (C=O) groups excluding carboxylic acids is 3. The number of hydrogen-bond acceptors (Lipinski definition) is 10. The third-order valence-electron chi connectivity index (χ3n) is 8.71. The molecule has 14 heteroatoms. The van der Waals surface area contributed by atoms with Crippen LogP contribution >= 0.6 is 7.82 Å². The van der Waals surface area contributed by atoms with E-state index >= 15 is 0 Å². The highest BCUT2D eigenvalue weighted by atomic mass is 31.2. The molecule has 0 bridgehead atoms. The lowest BCUT2D eigenvalue weighted by atomic mass is 9.87. The van der Waals surface area contributed by atoms with Gasteiger partial charge in [0.2, 0.25) is 23.6 Å². The maximum absolute atomic E-state index is 13.8. The predicted octanol–water partition coefficient (Wildman–Crippen LogP) is 6.28. The van der Waals surface area contributed by atoms with Gasteiger partial charge in [0.25, 0.3) is 0 Å². The fourth-order valence-electron chi connectivity index (χ4n) is 6.01. The van der Waals surface area contributed by atoms with Crippen LogP contribution in [0.2, 0.25) is 0 Å². The minimum Gasteiger partial charge on any atom is -0.404 e. The van der Waals surface area contributed by atoms with Gasteiger partial charge < -0.3 is 25.4 Å². The average Bonchev–Trinajstić information content (AvgIpc) is 3.61.